The molecule has 1 aromatic carbocycles. The third kappa shape index (κ3) is 5.25. The van der Waals surface area contributed by atoms with E-state index in [0.717, 1.165) is 44.2 Å². The number of benzene rings is 1. The molecule has 0 bridgehead atoms. The number of hydrogen-bond donors (Lipinski definition) is 0. The lowest BCUT2D eigenvalue weighted by Crippen LogP contribution is -2.34. The van der Waals surface area contributed by atoms with E-state index in [0.29, 0.717) is 5.56 Å². The number of aryl methyl sites for hydroxylation is 1. The molecular weight excluding hydrogens is 399 g/mol. The maximum absolute atomic E-state index is 13.7. The molecular formula is C26H34F3NO. The van der Waals surface area contributed by atoms with Crippen molar-refractivity contribution in [3.05, 3.63) is 71.1 Å². The fourth-order valence-corrected chi connectivity index (χ4v) is 5.12. The number of pyridine rings is 1. The lowest BCUT2D eigenvalue weighted by Gasteiger charge is -2.31. The van der Waals surface area contributed by atoms with Crippen molar-refractivity contribution >= 4 is 11.9 Å². The molecule has 1 fully saturated rings. The molecule has 2 unspecified atom stereocenters. The van der Waals surface area contributed by atoms with Crippen molar-refractivity contribution in [3.8, 4) is 0 Å². The molecule has 4 rings (SSSR count). The van der Waals surface area contributed by atoms with Gasteiger partial charge < -0.3 is 0 Å². The summed E-state index contributed by atoms with van der Waals surface area (Å²) in [6.45, 7) is 0. The second-order valence-electron chi connectivity index (χ2n) is 8.89. The van der Waals surface area contributed by atoms with E-state index in [2.05, 4.69) is 23.2 Å². The lowest BCUT2D eigenvalue weighted by molar-refractivity contribution is -0.181. The predicted molar refractivity (Wildman–Crippen MR) is 122 cm³/mol. The second-order valence-corrected chi connectivity index (χ2v) is 8.89. The van der Waals surface area contributed by atoms with E-state index in [1.165, 1.54) is 11.1 Å². The first-order valence-corrected chi connectivity index (χ1v) is 11.2. The van der Waals surface area contributed by atoms with Crippen molar-refractivity contribution in [2.75, 3.05) is 0 Å². The fraction of sp³-hybridized carbons (Fsp3) is 0.462. The van der Waals surface area contributed by atoms with Gasteiger partial charge >= 0.3 is 6.18 Å². The van der Waals surface area contributed by atoms with Crippen LogP contribution in [0.5, 0.6) is 0 Å². The number of nitrogens with zero attached hydrogens (tertiary/aromatic N) is 1. The Kier molecular flexibility index (Phi) is 6.59. The second kappa shape index (κ2) is 9.37. The number of alkyl halides is 3. The predicted octanol–water partition coefficient (Wildman–Crippen LogP) is 7.43. The molecule has 2 aliphatic carbocycles. The van der Waals surface area contributed by atoms with Gasteiger partial charge in [-0.15, -0.1) is 0 Å². The molecule has 0 radical (unpaired) electrons. The van der Waals surface area contributed by atoms with Crippen LogP contribution in [0.25, 0.3) is 6.08 Å². The van der Waals surface area contributed by atoms with Crippen molar-refractivity contribution in [3.63, 3.8) is 0 Å². The number of allylic oxidation sites excluding steroid dienone is 1. The Morgan fingerprint density at radius 2 is 1.97 bits per heavy atom. The third-order valence-corrected chi connectivity index (χ3v) is 6.70. The third-order valence-electron chi connectivity index (χ3n) is 6.70. The minimum absolute atomic E-state index is 0. The van der Waals surface area contributed by atoms with E-state index in [1.807, 2.05) is 6.20 Å². The monoisotopic (exact) mass is 433 g/mol. The molecule has 31 heavy (non-hydrogen) atoms. The number of rotatable bonds is 6. The molecule has 1 heterocycles. The molecule has 0 amide bonds. The van der Waals surface area contributed by atoms with Gasteiger partial charge in [-0.2, -0.15) is 13.2 Å². The van der Waals surface area contributed by atoms with Gasteiger partial charge in [0.05, 0.1) is 5.69 Å². The largest absolute Gasteiger partial charge is 0.398 e. The van der Waals surface area contributed by atoms with Gasteiger partial charge in [0, 0.05) is 22.8 Å². The molecule has 1 saturated carbocycles. The van der Waals surface area contributed by atoms with Gasteiger partial charge in [-0.1, -0.05) is 48.9 Å². The number of carbonyl (C=O) groups is 1. The number of Topliss-reactive ketones (excluding diaryl/α,β-unsaturated/α-hetero) is 1. The average Bonchev–Trinajstić information content (AvgIpc) is 2.77. The minimum Gasteiger partial charge on any atom is -0.299 e. The summed E-state index contributed by atoms with van der Waals surface area (Å²) in [6, 6.07) is 10.5. The van der Waals surface area contributed by atoms with Gasteiger partial charge in [0.15, 0.2) is 0 Å². The van der Waals surface area contributed by atoms with Crippen molar-refractivity contribution < 1.29 is 22.2 Å². The van der Waals surface area contributed by atoms with Crippen molar-refractivity contribution in [2.24, 2.45) is 11.8 Å². The molecule has 0 N–H and O–H groups in total. The van der Waals surface area contributed by atoms with Crippen LogP contribution in [0.2, 0.25) is 0 Å². The van der Waals surface area contributed by atoms with Gasteiger partial charge in [-0.05, 0) is 67.2 Å². The summed E-state index contributed by atoms with van der Waals surface area (Å²) in [4.78, 5) is 17.4. The minimum atomic E-state index is -4.52. The maximum Gasteiger partial charge on any atom is 0.398 e. The summed E-state index contributed by atoms with van der Waals surface area (Å²) in [7, 11) is 0. The van der Waals surface area contributed by atoms with Gasteiger partial charge in [0.1, 0.15) is 11.7 Å². The Balaban J connectivity index is 0.00000193. The smallest absolute Gasteiger partial charge is 0.299 e. The van der Waals surface area contributed by atoms with Crippen LogP contribution in [-0.2, 0) is 17.6 Å². The molecule has 1 aromatic heterocycles. The first-order chi connectivity index (χ1) is 14.9. The molecule has 2 aromatic rings. The molecule has 0 saturated heterocycles. The van der Waals surface area contributed by atoms with E-state index < -0.39 is 17.9 Å². The Morgan fingerprint density at radius 3 is 2.74 bits per heavy atom. The van der Waals surface area contributed by atoms with Crippen LogP contribution in [0.15, 0.2) is 48.7 Å². The highest BCUT2D eigenvalue weighted by molar-refractivity contribution is 5.82. The maximum atomic E-state index is 13.7. The molecule has 0 aliphatic heterocycles. The average molecular weight is 434 g/mol. The number of halogens is 3. The fourth-order valence-electron chi connectivity index (χ4n) is 5.12. The van der Waals surface area contributed by atoms with Crippen LogP contribution in [0.1, 0.15) is 71.1 Å². The number of carbonyl (C=O) groups excluding carboxylic acids is 1. The highest BCUT2D eigenvalue weighted by atomic mass is 19.4. The van der Waals surface area contributed by atoms with Crippen LogP contribution < -0.4 is 0 Å². The highest BCUT2D eigenvalue weighted by Crippen LogP contribution is 2.41. The van der Waals surface area contributed by atoms with E-state index in [-0.39, 0.29) is 29.0 Å². The summed E-state index contributed by atoms with van der Waals surface area (Å²) < 4.78 is 41.1. The summed E-state index contributed by atoms with van der Waals surface area (Å²) in [6.07, 6.45) is 6.82. The Hall–Kier alpha value is -2.43. The van der Waals surface area contributed by atoms with Crippen LogP contribution in [0, 0.1) is 11.8 Å². The van der Waals surface area contributed by atoms with E-state index in [4.69, 9.17) is 0 Å². The summed E-state index contributed by atoms with van der Waals surface area (Å²) >= 11 is 0. The quantitative estimate of drug-likeness (QED) is 0.474. The van der Waals surface area contributed by atoms with Crippen LogP contribution in [0.3, 0.4) is 0 Å². The molecule has 3 atom stereocenters. The molecule has 0 spiro atoms. The van der Waals surface area contributed by atoms with Crippen LogP contribution in [-0.4, -0.2) is 16.9 Å². The Bertz CT molecular complexity index is 950. The first kappa shape index (κ1) is 21.8. The van der Waals surface area contributed by atoms with Crippen molar-refractivity contribution in [1.82, 2.24) is 4.98 Å². The SMILES string of the molecule is O=C(C[C@@H]1CCCC(c2nccc3c2C=CCC3)C1)C(Cc1ccccc1)C(F)(F)F.[HH].[HH].[HH]. The zero-order chi connectivity index (χ0) is 21.8. The highest BCUT2D eigenvalue weighted by Gasteiger charge is 2.45. The number of hydrogen-bond acceptors (Lipinski definition) is 2. The normalized spacial score (nSPS) is 22.0. The first-order valence-electron chi connectivity index (χ1n) is 11.2. The number of aromatic nitrogens is 1. The number of fused-ring (bicyclic) bond motifs is 1. The van der Waals surface area contributed by atoms with Gasteiger partial charge in [-0.3, -0.25) is 9.78 Å². The Labute approximate surface area is 186 Å². The zero-order valence-corrected chi connectivity index (χ0v) is 17.6. The van der Waals surface area contributed by atoms with Gasteiger partial charge in [0.25, 0.3) is 0 Å². The van der Waals surface area contributed by atoms with Crippen molar-refractivity contribution in [2.45, 2.75) is 63.5 Å². The number of ketones is 1. The molecule has 2 nitrogen and oxygen atoms in total. The summed E-state index contributed by atoms with van der Waals surface area (Å²) in [5.41, 5.74) is 4.09. The van der Waals surface area contributed by atoms with Crippen LogP contribution >= 0.6 is 0 Å². The molecule has 2 aliphatic rings. The van der Waals surface area contributed by atoms with Crippen molar-refractivity contribution in [1.29, 1.82) is 0 Å². The molecule has 170 valence electrons. The van der Waals surface area contributed by atoms with Gasteiger partial charge in [-0.25, -0.2) is 0 Å². The summed E-state index contributed by atoms with van der Waals surface area (Å²) in [5.74, 6) is -2.41. The molecule has 5 heteroatoms. The van der Waals surface area contributed by atoms with E-state index in [9.17, 15) is 18.0 Å². The lowest BCUT2D eigenvalue weighted by atomic mass is 9.75. The van der Waals surface area contributed by atoms with Gasteiger partial charge in [0.2, 0.25) is 0 Å². The topological polar surface area (TPSA) is 30.0 Å². The summed E-state index contributed by atoms with van der Waals surface area (Å²) in [5, 5.41) is 0. The van der Waals surface area contributed by atoms with Crippen LogP contribution in [0.4, 0.5) is 13.2 Å². The Morgan fingerprint density at radius 1 is 1.16 bits per heavy atom. The van der Waals surface area contributed by atoms with E-state index >= 15 is 0 Å². The van der Waals surface area contributed by atoms with E-state index in [1.54, 1.807) is 30.3 Å². The zero-order valence-electron chi connectivity index (χ0n) is 17.6. The standard InChI is InChI=1S/C26H28F3NO.3H2/c27-26(28,29)23(16-18-7-2-1-3-8-18)24(31)17-19-9-6-11-21(15-19)25-22-12-5-4-10-20(22)13-14-30-25;;;/h1-3,5,7-8,12-14,19,21,23H,4,6,9-11,15-17H2;3*1H/t19-,21?,23?;;;/m1.../s1.